The monoisotopic (exact) mass is 505 g/mol. The number of hydrogen-bond acceptors (Lipinski definition) is 7. The summed E-state index contributed by atoms with van der Waals surface area (Å²) in [7, 11) is -3.27. The van der Waals surface area contributed by atoms with E-state index in [1.165, 1.54) is 17.7 Å². The van der Waals surface area contributed by atoms with Crippen LogP contribution in [0.25, 0.3) is 10.6 Å². The first-order chi connectivity index (χ1) is 16.1. The third-order valence-corrected chi connectivity index (χ3v) is 9.05. The van der Waals surface area contributed by atoms with Crippen molar-refractivity contribution >= 4 is 27.0 Å². The van der Waals surface area contributed by atoms with E-state index in [2.05, 4.69) is 9.97 Å². The molecule has 1 aromatic carbocycles. The molecule has 4 rings (SSSR count). The average Bonchev–Trinajstić information content (AvgIpc) is 3.22. The van der Waals surface area contributed by atoms with Crippen LogP contribution >= 0.6 is 11.3 Å². The molecule has 34 heavy (non-hydrogen) atoms. The number of benzene rings is 1. The van der Waals surface area contributed by atoms with Gasteiger partial charge in [-0.15, -0.1) is 11.3 Å². The van der Waals surface area contributed by atoms with Crippen molar-refractivity contribution in [1.29, 1.82) is 0 Å². The minimum Gasteiger partial charge on any atom is -0.326 e. The lowest BCUT2D eigenvalue weighted by Gasteiger charge is -2.38. The summed E-state index contributed by atoms with van der Waals surface area (Å²) in [6.07, 6.45) is 5.62. The smallest absolute Gasteiger partial charge is 0.186 e. The van der Waals surface area contributed by atoms with E-state index in [1.807, 2.05) is 13.0 Å². The molecule has 0 bridgehead atoms. The van der Waals surface area contributed by atoms with E-state index < -0.39 is 32.8 Å². The summed E-state index contributed by atoms with van der Waals surface area (Å²) in [5.41, 5.74) is 7.77. The molecule has 2 heterocycles. The van der Waals surface area contributed by atoms with Crippen LogP contribution in [0.4, 0.5) is 8.78 Å². The number of ketones is 1. The minimum atomic E-state index is -3.27. The first-order valence-corrected chi connectivity index (χ1v) is 13.7. The molecule has 2 N–H and O–H groups in total. The second-order valence-corrected chi connectivity index (χ2v) is 12.0. The lowest BCUT2D eigenvalue weighted by atomic mass is 9.75. The number of rotatable bonds is 6. The molecule has 1 aliphatic rings. The quantitative estimate of drug-likeness (QED) is 0.505. The summed E-state index contributed by atoms with van der Waals surface area (Å²) in [5.74, 6) is -1.91. The molecule has 1 fully saturated rings. The van der Waals surface area contributed by atoms with Gasteiger partial charge in [-0.05, 0) is 54.0 Å². The highest BCUT2D eigenvalue weighted by atomic mass is 32.2. The Hall–Kier alpha value is -2.56. The van der Waals surface area contributed by atoms with Gasteiger partial charge in [0.05, 0.1) is 10.8 Å². The molecule has 0 radical (unpaired) electrons. The number of halogens is 2. The van der Waals surface area contributed by atoms with E-state index in [0.717, 1.165) is 29.0 Å². The summed E-state index contributed by atoms with van der Waals surface area (Å²) in [4.78, 5) is 21.3. The van der Waals surface area contributed by atoms with E-state index in [4.69, 9.17) is 5.73 Å². The maximum Gasteiger partial charge on any atom is 0.186 e. The molecule has 0 unspecified atom stereocenters. The third kappa shape index (κ3) is 4.94. The SMILES string of the molecule is C[C@H]1C[C@@H](c2ccncc2CC(=O)c2csc(-c3c(F)cccc3F)n2)C[C@@H](N)[C@H]1S(C)(=O)=O. The van der Waals surface area contributed by atoms with E-state index >= 15 is 0 Å². The first kappa shape index (κ1) is 24.6. The van der Waals surface area contributed by atoms with Gasteiger partial charge in [-0.25, -0.2) is 22.2 Å². The van der Waals surface area contributed by atoms with Crippen LogP contribution in [0.1, 0.15) is 47.3 Å². The average molecular weight is 506 g/mol. The summed E-state index contributed by atoms with van der Waals surface area (Å²) >= 11 is 1.00. The van der Waals surface area contributed by atoms with Crippen LogP contribution in [0.2, 0.25) is 0 Å². The van der Waals surface area contributed by atoms with Gasteiger partial charge in [-0.1, -0.05) is 13.0 Å². The molecular formula is C24H25F2N3O3S2. The maximum absolute atomic E-state index is 14.1. The predicted octanol–water partition coefficient (Wildman–Crippen LogP) is 4.16. The highest BCUT2D eigenvalue weighted by molar-refractivity contribution is 7.91. The molecular weight excluding hydrogens is 480 g/mol. The van der Waals surface area contributed by atoms with Crippen LogP contribution in [-0.2, 0) is 16.3 Å². The second-order valence-electron chi connectivity index (χ2n) is 8.91. The molecule has 0 saturated heterocycles. The number of carbonyl (C=O) groups is 1. The number of nitrogens with zero attached hydrogens (tertiary/aromatic N) is 2. The Balaban J connectivity index is 1.56. The van der Waals surface area contributed by atoms with Gasteiger partial charge in [0.15, 0.2) is 15.6 Å². The Kier molecular flexibility index (Phi) is 6.93. The fourth-order valence-corrected chi connectivity index (χ4v) is 7.60. The number of carbonyl (C=O) groups excluding carboxylic acids is 1. The second kappa shape index (κ2) is 9.59. The Morgan fingerprint density at radius 1 is 1.21 bits per heavy atom. The molecule has 10 heteroatoms. The fourth-order valence-electron chi connectivity index (χ4n) is 5.02. The van der Waals surface area contributed by atoms with Crippen LogP contribution in [-0.4, -0.2) is 41.7 Å². The Morgan fingerprint density at radius 3 is 2.56 bits per heavy atom. The molecule has 1 saturated carbocycles. The van der Waals surface area contributed by atoms with Crippen molar-refractivity contribution in [3.63, 3.8) is 0 Å². The highest BCUT2D eigenvalue weighted by Crippen LogP contribution is 2.39. The van der Waals surface area contributed by atoms with Crippen molar-refractivity contribution in [2.45, 2.75) is 43.4 Å². The largest absolute Gasteiger partial charge is 0.326 e. The van der Waals surface area contributed by atoms with Gasteiger partial charge in [-0.3, -0.25) is 9.78 Å². The lowest BCUT2D eigenvalue weighted by Crippen LogP contribution is -2.48. The van der Waals surface area contributed by atoms with E-state index in [9.17, 15) is 22.0 Å². The van der Waals surface area contributed by atoms with Crippen LogP contribution in [0.5, 0.6) is 0 Å². The van der Waals surface area contributed by atoms with E-state index in [0.29, 0.717) is 18.4 Å². The molecule has 1 aliphatic carbocycles. The molecule has 2 aromatic heterocycles. The van der Waals surface area contributed by atoms with Gasteiger partial charge in [0.2, 0.25) is 0 Å². The maximum atomic E-state index is 14.1. The minimum absolute atomic E-state index is 0.00712. The Labute approximate surface area is 201 Å². The zero-order valence-electron chi connectivity index (χ0n) is 18.7. The van der Waals surface area contributed by atoms with Crippen molar-refractivity contribution in [2.75, 3.05) is 6.26 Å². The van der Waals surface area contributed by atoms with E-state index in [-0.39, 0.29) is 40.3 Å². The van der Waals surface area contributed by atoms with Crippen molar-refractivity contribution in [1.82, 2.24) is 9.97 Å². The number of pyridine rings is 1. The van der Waals surface area contributed by atoms with Crippen LogP contribution in [0.3, 0.4) is 0 Å². The van der Waals surface area contributed by atoms with Gasteiger partial charge in [0.25, 0.3) is 0 Å². The van der Waals surface area contributed by atoms with Gasteiger partial charge in [0.1, 0.15) is 22.3 Å². The zero-order valence-corrected chi connectivity index (χ0v) is 20.4. The molecule has 4 atom stereocenters. The molecule has 180 valence electrons. The molecule has 0 amide bonds. The normalized spacial score (nSPS) is 23.1. The van der Waals surface area contributed by atoms with Gasteiger partial charge in [0, 0.05) is 36.5 Å². The predicted molar refractivity (Wildman–Crippen MR) is 127 cm³/mol. The lowest BCUT2D eigenvalue weighted by molar-refractivity contribution is 0.0988. The van der Waals surface area contributed by atoms with Crippen molar-refractivity contribution < 1.29 is 22.0 Å². The summed E-state index contributed by atoms with van der Waals surface area (Å²) < 4.78 is 52.6. The van der Waals surface area contributed by atoms with Crippen molar-refractivity contribution in [2.24, 2.45) is 11.7 Å². The third-order valence-electron chi connectivity index (χ3n) is 6.39. The van der Waals surface area contributed by atoms with Crippen LogP contribution in [0.15, 0.2) is 42.0 Å². The number of sulfone groups is 1. The highest BCUT2D eigenvalue weighted by Gasteiger charge is 2.40. The molecule has 3 aromatic rings. The number of nitrogens with two attached hydrogens (primary N) is 1. The number of hydrogen-bond donors (Lipinski definition) is 1. The number of Topliss-reactive ketones (excluding diaryl/α,β-unsaturated/α-hetero) is 1. The van der Waals surface area contributed by atoms with Gasteiger partial charge in [-0.2, -0.15) is 0 Å². The zero-order chi connectivity index (χ0) is 24.6. The van der Waals surface area contributed by atoms with Crippen LogP contribution in [0, 0.1) is 17.6 Å². The fraction of sp³-hybridized carbons (Fsp3) is 0.375. The summed E-state index contributed by atoms with van der Waals surface area (Å²) in [5, 5.41) is 1.00. The summed E-state index contributed by atoms with van der Waals surface area (Å²) in [6, 6.07) is 4.90. The van der Waals surface area contributed by atoms with Gasteiger partial charge >= 0.3 is 0 Å². The molecule has 6 nitrogen and oxygen atoms in total. The van der Waals surface area contributed by atoms with Gasteiger partial charge < -0.3 is 5.73 Å². The standard InChI is InChI=1S/C24H25F2N3O3S2/c1-13-8-14(9-19(27)23(13)34(2,31)32)16-6-7-28-11-15(16)10-21(30)20-12-33-24(29-20)22-17(25)4-3-5-18(22)26/h3-7,11-14,19,23H,8-10,27H2,1-2H3/t13-,14+,19+,23-/m0/s1. The Morgan fingerprint density at radius 2 is 1.91 bits per heavy atom. The van der Waals surface area contributed by atoms with Crippen molar-refractivity contribution in [3.05, 3.63) is 70.5 Å². The van der Waals surface area contributed by atoms with Crippen molar-refractivity contribution in [3.8, 4) is 10.6 Å². The van der Waals surface area contributed by atoms with Crippen LogP contribution < -0.4 is 5.73 Å². The number of thiazole rings is 1. The number of aromatic nitrogens is 2. The topological polar surface area (TPSA) is 103 Å². The summed E-state index contributed by atoms with van der Waals surface area (Å²) in [6.45, 7) is 1.89. The molecule has 0 aliphatic heterocycles. The van der Waals surface area contributed by atoms with E-state index in [1.54, 1.807) is 12.4 Å². The first-order valence-electron chi connectivity index (χ1n) is 10.9. The molecule has 0 spiro atoms. The Bertz CT molecular complexity index is 1290.